The molecule has 0 spiro atoms. The Morgan fingerprint density at radius 3 is 2.43 bits per heavy atom. The normalized spacial score (nSPS) is 22.3. The minimum atomic E-state index is -1.03. The van der Waals surface area contributed by atoms with Crippen molar-refractivity contribution in [2.24, 2.45) is 18.9 Å². The van der Waals surface area contributed by atoms with Gasteiger partial charge in [-0.3, -0.25) is 23.9 Å². The van der Waals surface area contributed by atoms with Gasteiger partial charge in [0.25, 0.3) is 0 Å². The summed E-state index contributed by atoms with van der Waals surface area (Å²) in [6.07, 6.45) is 6.78. The monoisotopic (exact) mass is 797 g/mol. The largest absolute Gasteiger partial charge is 0.444 e. The lowest BCUT2D eigenvalue weighted by atomic mass is 9.94. The van der Waals surface area contributed by atoms with E-state index in [9.17, 15) is 24.0 Å². The van der Waals surface area contributed by atoms with Gasteiger partial charge in [0.15, 0.2) is 0 Å². The maximum Gasteiger partial charge on any atom is 0.408 e. The van der Waals surface area contributed by atoms with Crippen LogP contribution in [0.5, 0.6) is 0 Å². The molecule has 4 rings (SSSR count). The number of aryl methyl sites for hydroxylation is 1. The van der Waals surface area contributed by atoms with Gasteiger partial charge in [-0.15, -0.1) is 0 Å². The summed E-state index contributed by atoms with van der Waals surface area (Å²) in [4.78, 5) is 74.6. The van der Waals surface area contributed by atoms with Crippen LogP contribution in [0.3, 0.4) is 0 Å². The van der Waals surface area contributed by atoms with Crippen molar-refractivity contribution in [2.75, 3.05) is 40.9 Å². The lowest BCUT2D eigenvalue weighted by Gasteiger charge is -2.35. The highest BCUT2D eigenvalue weighted by Crippen LogP contribution is 2.34. The summed E-state index contributed by atoms with van der Waals surface area (Å²) < 4.78 is 13.1. The van der Waals surface area contributed by atoms with Crippen molar-refractivity contribution in [3.05, 3.63) is 52.8 Å². The Kier molecular flexibility index (Phi) is 15.1. The predicted octanol–water partition coefficient (Wildman–Crippen LogP) is 4.60. The van der Waals surface area contributed by atoms with Crippen molar-refractivity contribution in [2.45, 2.75) is 103 Å². The van der Waals surface area contributed by atoms with Crippen molar-refractivity contribution in [3.8, 4) is 11.1 Å². The fourth-order valence-electron chi connectivity index (χ4n) is 6.76. The highest BCUT2D eigenvalue weighted by atomic mass is 35.5. The summed E-state index contributed by atoms with van der Waals surface area (Å²) in [7, 11) is 6.62. The van der Waals surface area contributed by atoms with Crippen molar-refractivity contribution in [1.82, 2.24) is 35.1 Å². The number of amides is 5. The first kappa shape index (κ1) is 44.3. The second-order valence-corrected chi connectivity index (χ2v) is 17.0. The van der Waals surface area contributed by atoms with E-state index in [1.54, 1.807) is 62.8 Å². The number of benzene rings is 1. The Balaban J connectivity index is 1.70. The number of ether oxygens (including phenoxy) is 2. The quantitative estimate of drug-likeness (QED) is 0.349. The molecule has 1 aliphatic carbocycles. The molecule has 2 aromatic rings. The number of likely N-dealkylation sites (N-methyl/N-ethyl adjacent to an activating group) is 3. The lowest BCUT2D eigenvalue weighted by molar-refractivity contribution is -0.147. The van der Waals surface area contributed by atoms with Crippen LogP contribution in [-0.4, -0.2) is 125 Å². The molecule has 2 aliphatic rings. The molecule has 56 heavy (non-hydrogen) atoms. The molecular formula is C41H60ClN7O7. The second kappa shape index (κ2) is 19.1. The number of hydrogen-bond donors (Lipinski definition) is 2. The molecule has 4 atom stereocenters. The van der Waals surface area contributed by atoms with Gasteiger partial charge >= 0.3 is 6.09 Å². The summed E-state index contributed by atoms with van der Waals surface area (Å²) >= 11 is 6.51. The molecule has 2 heterocycles. The zero-order valence-corrected chi connectivity index (χ0v) is 35.3. The summed E-state index contributed by atoms with van der Waals surface area (Å²) in [6.45, 7) is 11.7. The Hall–Kier alpha value is -4.43. The maximum absolute atomic E-state index is 14.6. The minimum Gasteiger partial charge on any atom is -0.444 e. The molecule has 15 heteroatoms. The molecule has 5 amide bonds. The van der Waals surface area contributed by atoms with Crippen LogP contribution >= 0.6 is 11.6 Å². The molecule has 1 aromatic carbocycles. The Labute approximate surface area is 336 Å². The summed E-state index contributed by atoms with van der Waals surface area (Å²) in [5, 5.41) is 10.5. The SMILES string of the molecule is C/C1=C/C[C@H](N(C)C(=O)[C@@H](NC(=O)OC(C)(C)C)C2CC2)C(=O)N[C@@H](CC(C)C)C(=O)N(C)[C@@H](Cc2cc(Cl)ccc2-c2cnn(C)c2)C(=O)N(C)CCOC1. The van der Waals surface area contributed by atoms with E-state index in [0.29, 0.717) is 5.02 Å². The van der Waals surface area contributed by atoms with E-state index in [2.05, 4.69) is 15.7 Å². The molecule has 0 saturated heterocycles. The van der Waals surface area contributed by atoms with Gasteiger partial charge in [0.05, 0.1) is 19.4 Å². The van der Waals surface area contributed by atoms with Gasteiger partial charge in [-0.1, -0.05) is 43.2 Å². The summed E-state index contributed by atoms with van der Waals surface area (Å²) in [5.74, 6) is -1.83. The van der Waals surface area contributed by atoms with Crippen molar-refractivity contribution in [3.63, 3.8) is 0 Å². The average molecular weight is 798 g/mol. The number of hydrogen-bond acceptors (Lipinski definition) is 8. The van der Waals surface area contributed by atoms with Crippen LogP contribution in [0, 0.1) is 11.8 Å². The molecular weight excluding hydrogens is 738 g/mol. The van der Waals surface area contributed by atoms with Crippen LogP contribution in [0.4, 0.5) is 4.79 Å². The topological polar surface area (TPSA) is 155 Å². The molecule has 14 nitrogen and oxygen atoms in total. The lowest BCUT2D eigenvalue weighted by Crippen LogP contribution is -2.59. The third-order valence-electron chi connectivity index (χ3n) is 10.0. The number of nitrogens with zero attached hydrogens (tertiary/aromatic N) is 5. The molecule has 308 valence electrons. The fraction of sp³-hybridized carbons (Fsp3) is 0.610. The van der Waals surface area contributed by atoms with E-state index in [1.165, 1.54) is 16.8 Å². The predicted molar refractivity (Wildman–Crippen MR) is 215 cm³/mol. The van der Waals surface area contributed by atoms with E-state index >= 15 is 0 Å². The molecule has 0 unspecified atom stereocenters. The molecule has 2 N–H and O–H groups in total. The number of carbonyl (C=O) groups is 5. The Morgan fingerprint density at radius 2 is 1.82 bits per heavy atom. The molecule has 1 saturated carbocycles. The summed E-state index contributed by atoms with van der Waals surface area (Å²) in [5.41, 5.74) is 2.47. The van der Waals surface area contributed by atoms with Gasteiger partial charge in [-0.2, -0.15) is 5.10 Å². The smallest absolute Gasteiger partial charge is 0.408 e. The first-order valence-electron chi connectivity index (χ1n) is 19.3. The second-order valence-electron chi connectivity index (χ2n) is 16.6. The number of nitrogens with one attached hydrogen (secondary N) is 2. The molecule has 0 bridgehead atoms. The zero-order valence-electron chi connectivity index (χ0n) is 34.6. The van der Waals surface area contributed by atoms with E-state index in [-0.39, 0.29) is 56.8 Å². The van der Waals surface area contributed by atoms with Gasteiger partial charge in [0.1, 0.15) is 29.8 Å². The van der Waals surface area contributed by atoms with Crippen molar-refractivity contribution in [1.29, 1.82) is 0 Å². The number of halogens is 1. The zero-order chi connectivity index (χ0) is 41.5. The van der Waals surface area contributed by atoms with Crippen LogP contribution in [0.2, 0.25) is 5.02 Å². The maximum atomic E-state index is 14.6. The number of carbonyl (C=O) groups excluding carboxylic acids is 5. The van der Waals surface area contributed by atoms with Crippen LogP contribution in [0.25, 0.3) is 11.1 Å². The molecule has 1 aromatic heterocycles. The van der Waals surface area contributed by atoms with Gasteiger partial charge in [0, 0.05) is 57.9 Å². The van der Waals surface area contributed by atoms with Gasteiger partial charge < -0.3 is 34.8 Å². The number of rotatable bonds is 9. The number of alkyl carbamates (subject to hydrolysis) is 1. The van der Waals surface area contributed by atoms with E-state index < -0.39 is 53.6 Å². The van der Waals surface area contributed by atoms with Crippen molar-refractivity contribution >= 4 is 41.3 Å². The minimum absolute atomic E-state index is 0.0143. The van der Waals surface area contributed by atoms with Crippen LogP contribution < -0.4 is 10.6 Å². The number of aromatic nitrogens is 2. The van der Waals surface area contributed by atoms with Gasteiger partial charge in [-0.25, -0.2) is 4.79 Å². The van der Waals surface area contributed by atoms with E-state index in [4.69, 9.17) is 21.1 Å². The highest BCUT2D eigenvalue weighted by molar-refractivity contribution is 6.30. The van der Waals surface area contributed by atoms with Gasteiger partial charge in [-0.05, 0) is 88.5 Å². The third kappa shape index (κ3) is 12.3. The van der Waals surface area contributed by atoms with Crippen LogP contribution in [0.1, 0.15) is 72.8 Å². The average Bonchev–Trinajstić information content (AvgIpc) is 3.87. The van der Waals surface area contributed by atoms with Crippen molar-refractivity contribution < 1.29 is 33.4 Å². The van der Waals surface area contributed by atoms with E-state index in [1.807, 2.05) is 46.2 Å². The molecule has 1 fully saturated rings. The standard InChI is InChI=1S/C41H60ClN7O7/c1-25(2)19-32-37(51)49(10)34(21-28-20-30(42)14-15-31(28)29-22-43-47(8)23-29)38(52)46(7)17-18-55-24-26(3)11-16-33(36(50)44-32)48(9)39(53)35(27-12-13-27)45-40(54)56-41(4,5)6/h11,14-15,20,22-23,25,27,32-35H,12-13,16-19,21,24H2,1-10H3,(H,44,50)(H,45,54)/b26-11-/t32-,33-,34-,35-/m0/s1. The Bertz CT molecular complexity index is 1770. The van der Waals surface area contributed by atoms with Crippen LogP contribution in [-0.2, 0) is 42.1 Å². The Morgan fingerprint density at radius 1 is 1.12 bits per heavy atom. The summed E-state index contributed by atoms with van der Waals surface area (Å²) in [6, 6.07) is 1.54. The first-order chi connectivity index (χ1) is 26.2. The third-order valence-corrected chi connectivity index (χ3v) is 10.3. The van der Waals surface area contributed by atoms with E-state index in [0.717, 1.165) is 35.1 Å². The molecule has 1 aliphatic heterocycles. The van der Waals surface area contributed by atoms with Gasteiger partial charge in [0.2, 0.25) is 23.6 Å². The molecule has 0 radical (unpaired) electrons. The highest BCUT2D eigenvalue weighted by Gasteiger charge is 2.42. The van der Waals surface area contributed by atoms with Crippen LogP contribution in [0.15, 0.2) is 42.2 Å². The first-order valence-corrected chi connectivity index (χ1v) is 19.7. The fourth-order valence-corrected chi connectivity index (χ4v) is 6.96.